The minimum Gasteiger partial charge on any atom is -0.507 e. The molecule has 29 heavy (non-hydrogen) atoms. The second kappa shape index (κ2) is 8.61. The number of sulfonamides is 1. The zero-order chi connectivity index (χ0) is 20.9. The third kappa shape index (κ3) is 5.02. The van der Waals surface area contributed by atoms with Crippen LogP contribution in [0, 0.1) is 0 Å². The number of nitrogens with zero attached hydrogens (tertiary/aromatic N) is 3. The summed E-state index contributed by atoms with van der Waals surface area (Å²) in [6, 6.07) is 15.1. The molecular formula is C20H18N4O4S. The summed E-state index contributed by atoms with van der Waals surface area (Å²) >= 11 is 0. The van der Waals surface area contributed by atoms with Crippen LogP contribution in [0.2, 0.25) is 0 Å². The van der Waals surface area contributed by atoms with Crippen molar-refractivity contribution >= 4 is 33.0 Å². The number of azo groups is 1. The van der Waals surface area contributed by atoms with E-state index in [1.807, 2.05) is 0 Å². The highest BCUT2D eigenvalue weighted by Crippen LogP contribution is 2.26. The van der Waals surface area contributed by atoms with Crippen LogP contribution in [-0.2, 0) is 10.0 Å². The summed E-state index contributed by atoms with van der Waals surface area (Å²) < 4.78 is 27.2. The summed E-state index contributed by atoms with van der Waals surface area (Å²) in [5, 5.41) is 17.9. The average Bonchev–Trinajstić information content (AvgIpc) is 2.73. The Kier molecular flexibility index (Phi) is 5.99. The topological polar surface area (TPSA) is 121 Å². The molecule has 0 spiro atoms. The van der Waals surface area contributed by atoms with Crippen molar-refractivity contribution in [3.63, 3.8) is 0 Å². The molecule has 2 aromatic carbocycles. The van der Waals surface area contributed by atoms with Gasteiger partial charge in [0.1, 0.15) is 11.6 Å². The Labute approximate surface area is 168 Å². The number of aromatic nitrogens is 1. The van der Waals surface area contributed by atoms with Gasteiger partial charge in [-0.15, -0.1) is 0 Å². The minimum absolute atomic E-state index is 0.0579. The molecule has 0 amide bonds. The van der Waals surface area contributed by atoms with Gasteiger partial charge in [-0.25, -0.2) is 13.4 Å². The lowest BCUT2D eigenvalue weighted by Crippen LogP contribution is -2.13. The van der Waals surface area contributed by atoms with Crippen LogP contribution in [0.1, 0.15) is 23.7 Å². The van der Waals surface area contributed by atoms with Crippen molar-refractivity contribution in [2.75, 3.05) is 4.72 Å². The van der Waals surface area contributed by atoms with Gasteiger partial charge in [0.2, 0.25) is 0 Å². The highest BCUT2D eigenvalue weighted by molar-refractivity contribution is 7.92. The second-order valence-electron chi connectivity index (χ2n) is 5.99. The summed E-state index contributed by atoms with van der Waals surface area (Å²) in [6.07, 6.45) is 1.75. The van der Waals surface area contributed by atoms with E-state index in [1.165, 1.54) is 48.7 Å². The molecule has 3 aromatic rings. The fourth-order valence-electron chi connectivity index (χ4n) is 2.43. The molecule has 0 unspecified atom stereocenters. The van der Waals surface area contributed by atoms with Crippen LogP contribution >= 0.6 is 0 Å². The highest BCUT2D eigenvalue weighted by atomic mass is 32.2. The summed E-state index contributed by atoms with van der Waals surface area (Å²) in [4.78, 5) is 15.8. The van der Waals surface area contributed by atoms with Gasteiger partial charge in [0.15, 0.2) is 5.78 Å². The Morgan fingerprint density at radius 2 is 1.72 bits per heavy atom. The maximum absolute atomic E-state index is 12.4. The number of anilines is 1. The number of hydrogen-bond acceptors (Lipinski definition) is 7. The number of phenolic OH excluding ortho intramolecular Hbond substituents is 1. The zero-order valence-corrected chi connectivity index (χ0v) is 16.3. The quantitative estimate of drug-likeness (QED) is 0.436. The Balaban J connectivity index is 1.76. The van der Waals surface area contributed by atoms with Gasteiger partial charge in [-0.3, -0.25) is 9.52 Å². The van der Waals surface area contributed by atoms with Crippen molar-refractivity contribution in [3.05, 3.63) is 72.4 Å². The summed E-state index contributed by atoms with van der Waals surface area (Å²) in [5.41, 5.74) is 1.01. The van der Waals surface area contributed by atoms with Gasteiger partial charge < -0.3 is 5.11 Å². The summed E-state index contributed by atoms with van der Waals surface area (Å²) in [6.45, 7) is 1.70. The number of nitrogens with one attached hydrogen (secondary N) is 1. The molecule has 0 aliphatic heterocycles. The minimum atomic E-state index is -3.77. The number of aromatic hydroxyl groups is 1. The van der Waals surface area contributed by atoms with E-state index in [-0.39, 0.29) is 34.2 Å². The predicted octanol–water partition coefficient (Wildman–Crippen LogP) is 4.60. The van der Waals surface area contributed by atoms with Crippen molar-refractivity contribution in [1.82, 2.24) is 4.98 Å². The zero-order valence-electron chi connectivity index (χ0n) is 15.5. The van der Waals surface area contributed by atoms with E-state index in [0.29, 0.717) is 11.4 Å². The van der Waals surface area contributed by atoms with Crippen molar-refractivity contribution in [3.8, 4) is 5.75 Å². The fraction of sp³-hybridized carbons (Fsp3) is 0.100. The second-order valence-corrected chi connectivity index (χ2v) is 7.67. The van der Waals surface area contributed by atoms with Gasteiger partial charge >= 0.3 is 0 Å². The normalized spacial score (nSPS) is 11.5. The van der Waals surface area contributed by atoms with Crippen LogP contribution in [-0.4, -0.2) is 24.3 Å². The summed E-state index contributed by atoms with van der Waals surface area (Å²) in [5.74, 6) is -0.0821. The van der Waals surface area contributed by atoms with Gasteiger partial charge in [-0.05, 0) is 54.6 Å². The van der Waals surface area contributed by atoms with E-state index < -0.39 is 10.0 Å². The molecule has 0 aliphatic rings. The number of pyridine rings is 1. The van der Waals surface area contributed by atoms with Crippen LogP contribution < -0.4 is 4.72 Å². The van der Waals surface area contributed by atoms with E-state index in [1.54, 1.807) is 25.1 Å². The molecule has 2 N–H and O–H groups in total. The van der Waals surface area contributed by atoms with Crippen LogP contribution in [0.25, 0.3) is 0 Å². The molecule has 0 bridgehead atoms. The largest absolute Gasteiger partial charge is 0.507 e. The standard InChI is InChI=1S/C20H18N4O4S/c1-2-18(25)17-13-15(8-11-19(17)26)23-22-14-6-9-16(10-7-14)29(27,28)24-20-5-3-4-12-21-20/h3-13,26H,2H2,1H3,(H,21,24)/b23-22+. The first-order valence-electron chi connectivity index (χ1n) is 8.71. The number of rotatable bonds is 7. The Hall–Kier alpha value is -3.59. The van der Waals surface area contributed by atoms with Crippen molar-refractivity contribution in [2.45, 2.75) is 18.2 Å². The molecule has 9 heteroatoms. The number of Topliss-reactive ketones (excluding diaryl/α,β-unsaturated/α-hetero) is 1. The molecule has 0 radical (unpaired) electrons. The molecule has 0 aliphatic carbocycles. The molecule has 1 heterocycles. The van der Waals surface area contributed by atoms with E-state index in [2.05, 4.69) is 19.9 Å². The summed E-state index contributed by atoms with van der Waals surface area (Å²) in [7, 11) is -3.77. The fourth-order valence-corrected chi connectivity index (χ4v) is 3.44. The predicted molar refractivity (Wildman–Crippen MR) is 108 cm³/mol. The third-order valence-corrected chi connectivity index (χ3v) is 5.30. The van der Waals surface area contributed by atoms with Crippen molar-refractivity contribution in [2.24, 2.45) is 10.2 Å². The SMILES string of the molecule is CCC(=O)c1cc(/N=N/c2ccc(S(=O)(=O)Nc3ccccn3)cc2)ccc1O. The van der Waals surface area contributed by atoms with E-state index in [9.17, 15) is 18.3 Å². The number of phenols is 1. The first kappa shape index (κ1) is 20.2. The van der Waals surface area contributed by atoms with Crippen molar-refractivity contribution in [1.29, 1.82) is 0 Å². The van der Waals surface area contributed by atoms with Gasteiger partial charge in [0.05, 0.1) is 21.8 Å². The number of carbonyl (C=O) groups is 1. The lowest BCUT2D eigenvalue weighted by Gasteiger charge is -2.07. The van der Waals surface area contributed by atoms with Crippen LogP contribution in [0.3, 0.4) is 0 Å². The lowest BCUT2D eigenvalue weighted by atomic mass is 10.1. The molecule has 0 atom stereocenters. The van der Waals surface area contributed by atoms with Crippen molar-refractivity contribution < 1.29 is 18.3 Å². The number of benzene rings is 2. The molecular weight excluding hydrogens is 392 g/mol. The maximum atomic E-state index is 12.4. The van der Waals surface area contributed by atoms with Crippen LogP contribution in [0.5, 0.6) is 5.75 Å². The monoisotopic (exact) mass is 410 g/mol. The molecule has 148 valence electrons. The Morgan fingerprint density at radius 1 is 1.03 bits per heavy atom. The first-order valence-corrected chi connectivity index (χ1v) is 10.2. The number of ketones is 1. The lowest BCUT2D eigenvalue weighted by molar-refractivity contribution is 0.0985. The third-order valence-electron chi connectivity index (χ3n) is 3.93. The van der Waals surface area contributed by atoms with Gasteiger partial charge in [0, 0.05) is 12.6 Å². The molecule has 0 saturated carbocycles. The van der Waals surface area contributed by atoms with E-state index in [4.69, 9.17) is 0 Å². The molecule has 0 fully saturated rings. The molecule has 0 saturated heterocycles. The Morgan fingerprint density at radius 3 is 2.38 bits per heavy atom. The molecule has 8 nitrogen and oxygen atoms in total. The Bertz CT molecular complexity index is 1140. The molecule has 1 aromatic heterocycles. The van der Waals surface area contributed by atoms with E-state index >= 15 is 0 Å². The number of carbonyl (C=O) groups excluding carboxylic acids is 1. The molecule has 3 rings (SSSR count). The smallest absolute Gasteiger partial charge is 0.263 e. The van der Waals surface area contributed by atoms with E-state index in [0.717, 1.165) is 0 Å². The highest BCUT2D eigenvalue weighted by Gasteiger charge is 2.14. The van der Waals surface area contributed by atoms with Gasteiger partial charge in [-0.1, -0.05) is 13.0 Å². The first-order chi connectivity index (χ1) is 13.9. The van der Waals surface area contributed by atoms with Crippen LogP contribution in [0.15, 0.2) is 82.0 Å². The van der Waals surface area contributed by atoms with Crippen LogP contribution in [0.4, 0.5) is 17.2 Å². The average molecular weight is 410 g/mol. The van der Waals surface area contributed by atoms with Gasteiger partial charge in [0.25, 0.3) is 10.0 Å². The number of hydrogen-bond donors (Lipinski definition) is 2. The maximum Gasteiger partial charge on any atom is 0.263 e. The van der Waals surface area contributed by atoms with Gasteiger partial charge in [-0.2, -0.15) is 10.2 Å².